The zero-order chi connectivity index (χ0) is 21.3. The molecule has 1 amide bonds. The van der Waals surface area contributed by atoms with Crippen LogP contribution in [0, 0.1) is 6.92 Å². The molecule has 31 heavy (non-hydrogen) atoms. The lowest BCUT2D eigenvalue weighted by atomic mass is 10.1. The standard InChI is InChI=1S/C23H30N6O.HI/c1-4-25-23(26-13-12-18-8-7-9-19(16-18)22(30)24-3)27-14-15-29-17(2)28-20-10-5-6-11-21(20)29;/h5-11,16H,4,12-15H2,1-3H3,(H,24,30)(H2,25,26,27);1H. The van der Waals surface area contributed by atoms with Crippen molar-refractivity contribution in [3.63, 3.8) is 0 Å². The number of aromatic nitrogens is 2. The van der Waals surface area contributed by atoms with Crippen LogP contribution in [-0.2, 0) is 13.0 Å². The molecule has 0 bridgehead atoms. The number of hydrogen-bond donors (Lipinski definition) is 3. The Morgan fingerprint density at radius 2 is 1.94 bits per heavy atom. The van der Waals surface area contributed by atoms with Crippen LogP contribution in [-0.4, -0.2) is 48.1 Å². The van der Waals surface area contributed by atoms with Crippen LogP contribution < -0.4 is 16.0 Å². The van der Waals surface area contributed by atoms with E-state index in [9.17, 15) is 4.79 Å². The van der Waals surface area contributed by atoms with Crippen molar-refractivity contribution in [1.82, 2.24) is 25.5 Å². The first-order chi connectivity index (χ1) is 14.6. The number of amides is 1. The monoisotopic (exact) mass is 534 g/mol. The predicted octanol–water partition coefficient (Wildman–Crippen LogP) is 3.12. The predicted molar refractivity (Wildman–Crippen MR) is 137 cm³/mol. The molecule has 3 rings (SSSR count). The molecular formula is C23H31IN6O. The molecule has 2 aromatic carbocycles. The van der Waals surface area contributed by atoms with E-state index in [1.54, 1.807) is 7.05 Å². The molecular weight excluding hydrogens is 503 g/mol. The number of aliphatic imine (C=N–C) groups is 1. The van der Waals surface area contributed by atoms with Gasteiger partial charge in [0.15, 0.2) is 5.96 Å². The van der Waals surface area contributed by atoms with Crippen LogP contribution in [0.2, 0.25) is 0 Å². The minimum atomic E-state index is -0.0716. The van der Waals surface area contributed by atoms with Crippen molar-refractivity contribution in [3.8, 4) is 0 Å². The lowest BCUT2D eigenvalue weighted by Gasteiger charge is -2.13. The number of nitrogens with one attached hydrogen (secondary N) is 3. The summed E-state index contributed by atoms with van der Waals surface area (Å²) in [5.41, 5.74) is 3.94. The number of para-hydroxylation sites is 2. The van der Waals surface area contributed by atoms with Crippen molar-refractivity contribution in [2.75, 3.05) is 26.7 Å². The second-order valence-corrected chi connectivity index (χ2v) is 7.02. The van der Waals surface area contributed by atoms with Crippen molar-refractivity contribution in [2.45, 2.75) is 26.8 Å². The topological polar surface area (TPSA) is 83.3 Å². The van der Waals surface area contributed by atoms with Crippen LogP contribution in [0.4, 0.5) is 0 Å². The molecule has 0 fully saturated rings. The second-order valence-electron chi connectivity index (χ2n) is 7.02. The lowest BCUT2D eigenvalue weighted by Crippen LogP contribution is -2.39. The third-order valence-electron chi connectivity index (χ3n) is 4.90. The highest BCUT2D eigenvalue weighted by atomic mass is 127. The van der Waals surface area contributed by atoms with E-state index in [4.69, 9.17) is 0 Å². The highest BCUT2D eigenvalue weighted by Gasteiger charge is 2.07. The summed E-state index contributed by atoms with van der Waals surface area (Å²) in [6.45, 7) is 7.08. The molecule has 0 aliphatic rings. The van der Waals surface area contributed by atoms with Gasteiger partial charge in [0.2, 0.25) is 0 Å². The number of hydrogen-bond acceptors (Lipinski definition) is 3. The van der Waals surface area contributed by atoms with Gasteiger partial charge in [0.1, 0.15) is 5.82 Å². The maximum atomic E-state index is 11.8. The van der Waals surface area contributed by atoms with Gasteiger partial charge >= 0.3 is 0 Å². The summed E-state index contributed by atoms with van der Waals surface area (Å²) < 4.78 is 2.22. The van der Waals surface area contributed by atoms with Crippen LogP contribution in [0.5, 0.6) is 0 Å². The van der Waals surface area contributed by atoms with Crippen LogP contribution in [0.15, 0.2) is 53.5 Å². The first kappa shape index (κ1) is 24.6. The first-order valence-electron chi connectivity index (χ1n) is 10.4. The Morgan fingerprint density at radius 1 is 1.13 bits per heavy atom. The lowest BCUT2D eigenvalue weighted by molar-refractivity contribution is 0.0963. The molecule has 1 heterocycles. The maximum absolute atomic E-state index is 11.8. The molecule has 0 atom stereocenters. The van der Waals surface area contributed by atoms with Gasteiger partial charge in [-0.1, -0.05) is 24.3 Å². The Labute approximate surface area is 200 Å². The molecule has 0 saturated carbocycles. The van der Waals surface area contributed by atoms with Gasteiger partial charge in [0.05, 0.1) is 11.0 Å². The molecule has 166 valence electrons. The van der Waals surface area contributed by atoms with Gasteiger partial charge in [-0.05, 0) is 50.1 Å². The molecule has 0 saturated heterocycles. The average molecular weight is 534 g/mol. The zero-order valence-corrected chi connectivity index (χ0v) is 20.6. The van der Waals surface area contributed by atoms with Crippen LogP contribution >= 0.6 is 24.0 Å². The number of aryl methyl sites for hydroxylation is 1. The Bertz CT molecular complexity index is 1030. The number of guanidine groups is 1. The number of nitrogens with zero attached hydrogens (tertiary/aromatic N) is 3. The number of benzene rings is 2. The van der Waals surface area contributed by atoms with Crippen molar-refractivity contribution in [3.05, 3.63) is 65.5 Å². The van der Waals surface area contributed by atoms with Gasteiger partial charge in [0.25, 0.3) is 5.91 Å². The highest BCUT2D eigenvalue weighted by Crippen LogP contribution is 2.14. The second kappa shape index (κ2) is 12.3. The molecule has 7 nitrogen and oxygen atoms in total. The van der Waals surface area contributed by atoms with Gasteiger partial charge in [-0.3, -0.25) is 9.79 Å². The summed E-state index contributed by atoms with van der Waals surface area (Å²) in [6, 6.07) is 15.9. The van der Waals surface area contributed by atoms with Gasteiger partial charge < -0.3 is 20.5 Å². The van der Waals surface area contributed by atoms with Gasteiger partial charge in [-0.25, -0.2) is 4.98 Å². The fourth-order valence-electron chi connectivity index (χ4n) is 3.42. The van der Waals surface area contributed by atoms with Crippen LogP contribution in [0.3, 0.4) is 0 Å². The summed E-state index contributed by atoms with van der Waals surface area (Å²) >= 11 is 0. The Balaban J connectivity index is 0.00000341. The molecule has 3 aromatic rings. The Hall–Kier alpha value is -2.62. The number of imidazole rings is 1. The van der Waals surface area contributed by atoms with Crippen molar-refractivity contribution in [2.24, 2.45) is 4.99 Å². The summed E-state index contributed by atoms with van der Waals surface area (Å²) in [6.07, 6.45) is 0.771. The molecule has 0 aliphatic heterocycles. The highest BCUT2D eigenvalue weighted by molar-refractivity contribution is 14.0. The van der Waals surface area contributed by atoms with E-state index in [1.807, 2.05) is 49.4 Å². The number of rotatable bonds is 8. The van der Waals surface area contributed by atoms with Crippen molar-refractivity contribution >= 4 is 46.9 Å². The minimum absolute atomic E-state index is 0. The minimum Gasteiger partial charge on any atom is -0.357 e. The summed E-state index contributed by atoms with van der Waals surface area (Å²) in [7, 11) is 1.64. The largest absolute Gasteiger partial charge is 0.357 e. The van der Waals surface area contributed by atoms with Crippen LogP contribution in [0.1, 0.15) is 28.7 Å². The first-order valence-corrected chi connectivity index (χ1v) is 10.4. The fraction of sp³-hybridized carbons (Fsp3) is 0.348. The summed E-state index contributed by atoms with van der Waals surface area (Å²) in [4.78, 5) is 21.1. The number of carbonyl (C=O) groups is 1. The Morgan fingerprint density at radius 3 is 2.71 bits per heavy atom. The van der Waals surface area contributed by atoms with E-state index in [1.165, 1.54) is 0 Å². The van der Waals surface area contributed by atoms with E-state index < -0.39 is 0 Å². The zero-order valence-electron chi connectivity index (χ0n) is 18.3. The van der Waals surface area contributed by atoms with Gasteiger partial charge in [-0.15, -0.1) is 24.0 Å². The molecule has 1 aromatic heterocycles. The quantitative estimate of drug-likeness (QED) is 0.236. The smallest absolute Gasteiger partial charge is 0.251 e. The van der Waals surface area contributed by atoms with E-state index in [2.05, 4.69) is 43.5 Å². The maximum Gasteiger partial charge on any atom is 0.251 e. The fourth-order valence-corrected chi connectivity index (χ4v) is 3.42. The number of halogens is 1. The Kier molecular flexibility index (Phi) is 9.77. The number of fused-ring (bicyclic) bond motifs is 1. The van der Waals surface area contributed by atoms with Crippen molar-refractivity contribution < 1.29 is 4.79 Å². The third-order valence-corrected chi connectivity index (χ3v) is 4.90. The average Bonchev–Trinajstić information content (AvgIpc) is 3.08. The molecule has 8 heteroatoms. The van der Waals surface area contributed by atoms with Crippen LogP contribution in [0.25, 0.3) is 11.0 Å². The van der Waals surface area contributed by atoms with E-state index in [0.717, 1.165) is 54.4 Å². The normalized spacial score (nSPS) is 11.1. The van der Waals surface area contributed by atoms with E-state index >= 15 is 0 Å². The molecule has 0 radical (unpaired) electrons. The van der Waals surface area contributed by atoms with E-state index in [0.29, 0.717) is 12.1 Å². The summed E-state index contributed by atoms with van der Waals surface area (Å²) in [5, 5.41) is 9.35. The van der Waals surface area contributed by atoms with Gasteiger partial charge in [-0.2, -0.15) is 0 Å². The van der Waals surface area contributed by atoms with E-state index in [-0.39, 0.29) is 29.9 Å². The molecule has 0 unspecified atom stereocenters. The number of carbonyl (C=O) groups excluding carboxylic acids is 1. The SMILES string of the molecule is CCNC(=NCCc1cccc(C(=O)NC)c1)NCCn1c(C)nc2ccccc21.I. The molecule has 3 N–H and O–H groups in total. The van der Waals surface area contributed by atoms with Crippen molar-refractivity contribution in [1.29, 1.82) is 0 Å². The molecule has 0 spiro atoms. The van der Waals surface area contributed by atoms with Gasteiger partial charge in [0, 0.05) is 38.8 Å². The molecule has 0 aliphatic carbocycles. The summed E-state index contributed by atoms with van der Waals surface area (Å²) in [5.74, 6) is 1.73. The third kappa shape index (κ3) is 6.68.